The molecule has 0 bridgehead atoms. The maximum absolute atomic E-state index is 12.5. The van der Waals surface area contributed by atoms with Gasteiger partial charge in [0.05, 0.1) is 19.3 Å². The number of aliphatic hydroxyl groups is 1. The lowest BCUT2D eigenvalue weighted by atomic mass is 9.89. The standard InChI is InChI=1S/C18H32N2O3/c21-16(15-5-1-2-6-15)14-19-17(22)13-18(7-3-4-8-18)20-9-11-23-12-10-20/h15-16,21H,1-14H2,(H,19,22). The van der Waals surface area contributed by atoms with Gasteiger partial charge in [-0.15, -0.1) is 0 Å². The molecule has 3 rings (SSSR count). The number of carbonyl (C=O) groups excluding carboxylic acids is 1. The summed E-state index contributed by atoms with van der Waals surface area (Å²) in [6.45, 7) is 3.87. The number of amides is 1. The molecule has 3 aliphatic rings. The highest BCUT2D eigenvalue weighted by molar-refractivity contribution is 5.77. The van der Waals surface area contributed by atoms with Gasteiger partial charge in [0.2, 0.25) is 5.91 Å². The smallest absolute Gasteiger partial charge is 0.221 e. The number of carbonyl (C=O) groups is 1. The van der Waals surface area contributed by atoms with Crippen molar-refractivity contribution in [3.05, 3.63) is 0 Å². The molecule has 5 nitrogen and oxygen atoms in total. The summed E-state index contributed by atoms with van der Waals surface area (Å²) in [6.07, 6.45) is 9.52. The summed E-state index contributed by atoms with van der Waals surface area (Å²) in [5.41, 5.74) is 0.0339. The molecule has 0 spiro atoms. The van der Waals surface area contributed by atoms with E-state index in [1.807, 2.05) is 0 Å². The summed E-state index contributed by atoms with van der Waals surface area (Å²) in [6, 6.07) is 0. The molecule has 1 heterocycles. The Labute approximate surface area is 139 Å². The van der Waals surface area contributed by atoms with Gasteiger partial charge in [-0.2, -0.15) is 0 Å². The maximum atomic E-state index is 12.5. The predicted octanol–water partition coefficient (Wildman–Crippen LogP) is 1.69. The van der Waals surface area contributed by atoms with Crippen molar-refractivity contribution in [2.24, 2.45) is 5.92 Å². The molecule has 0 aromatic carbocycles. The van der Waals surface area contributed by atoms with Crippen LogP contribution in [0.3, 0.4) is 0 Å². The van der Waals surface area contributed by atoms with Crippen LogP contribution in [0.5, 0.6) is 0 Å². The molecule has 3 fully saturated rings. The number of nitrogens with zero attached hydrogens (tertiary/aromatic N) is 1. The van der Waals surface area contributed by atoms with E-state index in [4.69, 9.17) is 4.74 Å². The summed E-state index contributed by atoms with van der Waals surface area (Å²) < 4.78 is 5.47. The van der Waals surface area contributed by atoms with E-state index in [2.05, 4.69) is 10.2 Å². The van der Waals surface area contributed by atoms with Gasteiger partial charge in [-0.3, -0.25) is 9.69 Å². The lowest BCUT2D eigenvalue weighted by Gasteiger charge is -2.43. The minimum Gasteiger partial charge on any atom is -0.391 e. The fraction of sp³-hybridized carbons (Fsp3) is 0.944. The molecule has 1 aliphatic heterocycles. The Morgan fingerprint density at radius 3 is 2.48 bits per heavy atom. The van der Waals surface area contributed by atoms with Crippen molar-refractivity contribution in [3.63, 3.8) is 0 Å². The van der Waals surface area contributed by atoms with Crippen molar-refractivity contribution in [3.8, 4) is 0 Å². The van der Waals surface area contributed by atoms with E-state index >= 15 is 0 Å². The van der Waals surface area contributed by atoms with Crippen LogP contribution in [-0.4, -0.2) is 60.4 Å². The van der Waals surface area contributed by atoms with Gasteiger partial charge in [-0.1, -0.05) is 25.7 Å². The van der Waals surface area contributed by atoms with E-state index in [1.54, 1.807) is 0 Å². The SMILES string of the molecule is O=C(CC1(N2CCOCC2)CCCC1)NCC(O)C1CCCC1. The molecular formula is C18H32N2O3. The highest BCUT2D eigenvalue weighted by Crippen LogP contribution is 2.38. The second kappa shape index (κ2) is 7.95. The van der Waals surface area contributed by atoms with Crippen molar-refractivity contribution in [1.82, 2.24) is 10.2 Å². The summed E-state index contributed by atoms with van der Waals surface area (Å²) in [5, 5.41) is 13.2. The van der Waals surface area contributed by atoms with Crippen LogP contribution in [0.25, 0.3) is 0 Å². The van der Waals surface area contributed by atoms with Crippen molar-refractivity contribution in [2.75, 3.05) is 32.8 Å². The van der Waals surface area contributed by atoms with E-state index < -0.39 is 0 Å². The van der Waals surface area contributed by atoms with Crippen LogP contribution >= 0.6 is 0 Å². The van der Waals surface area contributed by atoms with Crippen molar-refractivity contribution < 1.29 is 14.6 Å². The molecule has 1 saturated heterocycles. The molecule has 2 saturated carbocycles. The third-order valence-electron chi connectivity index (χ3n) is 6.16. The second-order valence-corrected chi connectivity index (χ2v) is 7.62. The van der Waals surface area contributed by atoms with Crippen LogP contribution in [0, 0.1) is 5.92 Å². The van der Waals surface area contributed by atoms with Gasteiger partial charge in [0.15, 0.2) is 0 Å². The van der Waals surface area contributed by atoms with Crippen LogP contribution in [0.15, 0.2) is 0 Å². The Morgan fingerprint density at radius 2 is 1.83 bits per heavy atom. The highest BCUT2D eigenvalue weighted by atomic mass is 16.5. The Bertz CT molecular complexity index is 384. The Kier molecular flexibility index (Phi) is 5.94. The number of morpholine rings is 1. The van der Waals surface area contributed by atoms with Crippen molar-refractivity contribution in [2.45, 2.75) is 69.4 Å². The van der Waals surface area contributed by atoms with E-state index in [9.17, 15) is 9.90 Å². The third kappa shape index (κ3) is 4.25. The predicted molar refractivity (Wildman–Crippen MR) is 89.2 cm³/mol. The molecule has 0 radical (unpaired) electrons. The van der Waals surface area contributed by atoms with Crippen LogP contribution in [0.1, 0.15) is 57.8 Å². The van der Waals surface area contributed by atoms with E-state index in [0.717, 1.165) is 52.0 Å². The maximum Gasteiger partial charge on any atom is 0.221 e. The number of hydrogen-bond acceptors (Lipinski definition) is 4. The lowest BCUT2D eigenvalue weighted by Crippen LogP contribution is -2.54. The van der Waals surface area contributed by atoms with Crippen molar-refractivity contribution >= 4 is 5.91 Å². The number of rotatable bonds is 6. The topological polar surface area (TPSA) is 61.8 Å². The molecule has 1 atom stereocenters. The van der Waals surface area contributed by atoms with Gasteiger partial charge in [-0.05, 0) is 31.6 Å². The van der Waals surface area contributed by atoms with Crippen molar-refractivity contribution in [1.29, 1.82) is 0 Å². The largest absolute Gasteiger partial charge is 0.391 e. The molecule has 0 aromatic rings. The van der Waals surface area contributed by atoms with Crippen LogP contribution in [0.4, 0.5) is 0 Å². The Hall–Kier alpha value is -0.650. The molecule has 0 aromatic heterocycles. The fourth-order valence-electron chi connectivity index (χ4n) is 4.76. The fourth-order valence-corrected chi connectivity index (χ4v) is 4.76. The molecule has 5 heteroatoms. The van der Waals surface area contributed by atoms with Crippen LogP contribution in [-0.2, 0) is 9.53 Å². The van der Waals surface area contributed by atoms with E-state index in [1.165, 1.54) is 25.7 Å². The molecule has 2 aliphatic carbocycles. The van der Waals surface area contributed by atoms with Gasteiger partial charge < -0.3 is 15.2 Å². The Morgan fingerprint density at radius 1 is 1.17 bits per heavy atom. The summed E-state index contributed by atoms with van der Waals surface area (Å²) >= 11 is 0. The number of hydrogen-bond donors (Lipinski definition) is 2. The first-order chi connectivity index (χ1) is 11.2. The first kappa shape index (κ1) is 17.2. The van der Waals surface area contributed by atoms with E-state index in [-0.39, 0.29) is 17.6 Å². The zero-order valence-electron chi connectivity index (χ0n) is 14.3. The van der Waals surface area contributed by atoms with Gasteiger partial charge in [0, 0.05) is 31.6 Å². The molecule has 2 N–H and O–H groups in total. The van der Waals surface area contributed by atoms with Crippen LogP contribution < -0.4 is 5.32 Å². The minimum atomic E-state index is -0.371. The summed E-state index contributed by atoms with van der Waals surface area (Å²) in [5.74, 6) is 0.491. The number of nitrogens with one attached hydrogen (secondary N) is 1. The third-order valence-corrected chi connectivity index (χ3v) is 6.16. The summed E-state index contributed by atoms with van der Waals surface area (Å²) in [4.78, 5) is 15.0. The molecule has 23 heavy (non-hydrogen) atoms. The first-order valence-corrected chi connectivity index (χ1v) is 9.47. The molecule has 132 valence electrons. The Balaban J connectivity index is 1.49. The monoisotopic (exact) mass is 324 g/mol. The van der Waals surface area contributed by atoms with Gasteiger partial charge in [-0.25, -0.2) is 0 Å². The first-order valence-electron chi connectivity index (χ1n) is 9.47. The lowest BCUT2D eigenvalue weighted by molar-refractivity contribution is -0.126. The molecule has 1 amide bonds. The average Bonchev–Trinajstić information content (AvgIpc) is 3.26. The minimum absolute atomic E-state index is 0.0339. The van der Waals surface area contributed by atoms with Gasteiger partial charge in [0.25, 0.3) is 0 Å². The molecular weight excluding hydrogens is 292 g/mol. The van der Waals surface area contributed by atoms with Gasteiger partial charge in [0.1, 0.15) is 0 Å². The van der Waals surface area contributed by atoms with Crippen LogP contribution in [0.2, 0.25) is 0 Å². The quantitative estimate of drug-likeness (QED) is 0.780. The normalized spacial score (nSPS) is 27.2. The van der Waals surface area contributed by atoms with E-state index in [0.29, 0.717) is 18.9 Å². The highest BCUT2D eigenvalue weighted by Gasteiger charge is 2.41. The number of aliphatic hydroxyl groups excluding tert-OH is 1. The number of ether oxygens (including phenoxy) is 1. The summed E-state index contributed by atoms with van der Waals surface area (Å²) in [7, 11) is 0. The van der Waals surface area contributed by atoms with Gasteiger partial charge >= 0.3 is 0 Å². The zero-order valence-corrected chi connectivity index (χ0v) is 14.3. The average molecular weight is 324 g/mol. The molecule has 1 unspecified atom stereocenters. The zero-order chi connectivity index (χ0) is 16.1. The second-order valence-electron chi connectivity index (χ2n) is 7.62.